The first-order chi connectivity index (χ1) is 13.7. The predicted molar refractivity (Wildman–Crippen MR) is 110 cm³/mol. The zero-order chi connectivity index (χ0) is 19.1. The molecule has 5 atom stereocenters. The van der Waals surface area contributed by atoms with Gasteiger partial charge in [-0.05, 0) is 80.0 Å². The maximum absolute atomic E-state index is 10.7. The molecule has 0 amide bonds. The molecule has 4 nitrogen and oxygen atoms in total. The van der Waals surface area contributed by atoms with Gasteiger partial charge in [0, 0.05) is 17.2 Å². The molecule has 0 spiro atoms. The van der Waals surface area contributed by atoms with E-state index in [4.69, 9.17) is 4.74 Å². The summed E-state index contributed by atoms with van der Waals surface area (Å²) < 4.78 is 6.17. The van der Waals surface area contributed by atoms with Gasteiger partial charge in [0.15, 0.2) is 0 Å². The molecule has 5 heteroatoms. The van der Waals surface area contributed by atoms with Gasteiger partial charge in [-0.1, -0.05) is 6.07 Å². The lowest BCUT2D eigenvalue weighted by atomic mass is 9.73. The summed E-state index contributed by atoms with van der Waals surface area (Å²) in [5.74, 6) is 2.80. The molecular weight excluding hydrogens is 370 g/mol. The second kappa shape index (κ2) is 7.77. The van der Waals surface area contributed by atoms with Crippen LogP contribution >= 0.6 is 11.3 Å². The van der Waals surface area contributed by atoms with Gasteiger partial charge in [-0.3, -0.25) is 0 Å². The summed E-state index contributed by atoms with van der Waals surface area (Å²) in [5, 5.41) is 23.1. The molecule has 2 fully saturated rings. The summed E-state index contributed by atoms with van der Waals surface area (Å²) in [6, 6.07) is 6.52. The smallest absolute Gasteiger partial charge is 0.119 e. The lowest BCUT2D eigenvalue weighted by Gasteiger charge is -2.33. The highest BCUT2D eigenvalue weighted by molar-refractivity contribution is 7.09. The van der Waals surface area contributed by atoms with Crippen molar-refractivity contribution in [2.45, 2.75) is 63.6 Å². The van der Waals surface area contributed by atoms with Crippen LogP contribution in [-0.4, -0.2) is 27.9 Å². The molecule has 28 heavy (non-hydrogen) atoms. The van der Waals surface area contributed by atoms with E-state index in [-0.39, 0.29) is 18.6 Å². The number of hydrogen-bond acceptors (Lipinski definition) is 5. The lowest BCUT2D eigenvalue weighted by Crippen LogP contribution is -2.29. The fourth-order valence-corrected chi connectivity index (χ4v) is 6.73. The molecule has 2 aromatic rings. The first-order valence-electron chi connectivity index (χ1n) is 10.7. The Balaban J connectivity index is 1.22. The Morgan fingerprint density at radius 2 is 2.04 bits per heavy atom. The normalized spacial score (nSPS) is 31.6. The van der Waals surface area contributed by atoms with Crippen LogP contribution in [0.3, 0.4) is 0 Å². The third kappa shape index (κ3) is 3.49. The van der Waals surface area contributed by atoms with E-state index >= 15 is 0 Å². The van der Waals surface area contributed by atoms with Crippen molar-refractivity contribution in [3.8, 4) is 5.75 Å². The number of rotatable bonds is 5. The molecule has 0 unspecified atom stereocenters. The lowest BCUT2D eigenvalue weighted by molar-refractivity contribution is 0.0740. The zero-order valence-corrected chi connectivity index (χ0v) is 17.0. The van der Waals surface area contributed by atoms with Crippen molar-refractivity contribution in [2.24, 2.45) is 17.8 Å². The van der Waals surface area contributed by atoms with Crippen LogP contribution in [-0.2, 0) is 19.4 Å². The average Bonchev–Trinajstić information content (AvgIpc) is 3.43. The van der Waals surface area contributed by atoms with E-state index in [0.717, 1.165) is 42.1 Å². The Labute approximate surface area is 170 Å². The van der Waals surface area contributed by atoms with Crippen molar-refractivity contribution in [2.75, 3.05) is 6.61 Å². The van der Waals surface area contributed by atoms with E-state index in [1.165, 1.54) is 30.4 Å². The molecule has 3 aliphatic rings. The number of aliphatic hydroxyl groups is 2. The number of aromatic nitrogens is 1. The van der Waals surface area contributed by atoms with Gasteiger partial charge in [0.2, 0.25) is 0 Å². The number of fused-ring (bicyclic) bond motifs is 2. The van der Waals surface area contributed by atoms with Crippen molar-refractivity contribution >= 4 is 11.3 Å². The van der Waals surface area contributed by atoms with Crippen molar-refractivity contribution in [1.29, 1.82) is 0 Å². The minimum atomic E-state index is -0.257. The molecule has 0 bridgehead atoms. The minimum absolute atomic E-state index is 0.0239. The molecule has 2 N–H and O–H groups in total. The number of hydrogen-bond donors (Lipinski definition) is 2. The number of aliphatic hydroxyl groups excluding tert-OH is 2. The Morgan fingerprint density at radius 1 is 1.14 bits per heavy atom. The highest BCUT2D eigenvalue weighted by atomic mass is 32.1. The van der Waals surface area contributed by atoms with E-state index in [2.05, 4.69) is 23.2 Å². The van der Waals surface area contributed by atoms with Crippen LogP contribution in [0.4, 0.5) is 0 Å². The maximum atomic E-state index is 10.7. The molecule has 150 valence electrons. The zero-order valence-electron chi connectivity index (χ0n) is 16.2. The molecule has 1 heterocycles. The second-order valence-corrected chi connectivity index (χ2v) is 9.72. The molecular formula is C23H29NO3S. The molecule has 2 saturated carbocycles. The van der Waals surface area contributed by atoms with Crippen LogP contribution in [0.15, 0.2) is 23.6 Å². The Bertz CT molecular complexity index is 835. The van der Waals surface area contributed by atoms with E-state index in [0.29, 0.717) is 24.4 Å². The second-order valence-electron chi connectivity index (χ2n) is 8.83. The first kappa shape index (κ1) is 18.6. The Hall–Kier alpha value is -1.43. The summed E-state index contributed by atoms with van der Waals surface area (Å²) in [4.78, 5) is 4.59. The molecule has 1 aromatic carbocycles. The number of ether oxygens (including phenoxy) is 1. The number of nitrogens with zero attached hydrogens (tertiary/aromatic N) is 1. The third-order valence-electron chi connectivity index (χ3n) is 7.22. The highest BCUT2D eigenvalue weighted by Gasteiger charge is 2.46. The quantitative estimate of drug-likeness (QED) is 0.795. The van der Waals surface area contributed by atoms with Crippen LogP contribution in [0.2, 0.25) is 0 Å². The van der Waals surface area contributed by atoms with E-state index in [9.17, 15) is 10.2 Å². The minimum Gasteiger partial charge on any atom is -0.493 e. The van der Waals surface area contributed by atoms with Gasteiger partial charge in [-0.25, -0.2) is 4.98 Å². The SMILES string of the molecule is OCc1csc([C@H]2CC[C@H]3[C@@H](C2)C[C@H](O)[C@@H]3COc2ccc3c(c2)CCC3)n1. The molecule has 5 rings (SSSR count). The van der Waals surface area contributed by atoms with Crippen LogP contribution in [0.5, 0.6) is 5.75 Å². The standard InChI is InChI=1S/C23H29NO3S/c25-11-18-13-28-23(24-18)16-5-7-20-17(8-16)10-22(26)21(20)12-27-19-6-4-14-2-1-3-15(14)9-19/h4,6,9,13,16-17,20-22,25-26H,1-3,5,7-8,10-12H2/t16-,17-,20-,21+,22-/m0/s1. The van der Waals surface area contributed by atoms with Gasteiger partial charge in [0.05, 0.1) is 30.0 Å². The van der Waals surface area contributed by atoms with Crippen molar-refractivity contribution in [3.05, 3.63) is 45.4 Å². The van der Waals surface area contributed by atoms with Crippen molar-refractivity contribution in [3.63, 3.8) is 0 Å². The summed E-state index contributed by atoms with van der Waals surface area (Å²) in [5.41, 5.74) is 3.70. The van der Waals surface area contributed by atoms with E-state index in [1.807, 2.05) is 5.38 Å². The fourth-order valence-electron chi connectivity index (χ4n) is 5.76. The number of thiazole rings is 1. The molecule has 0 radical (unpaired) electrons. The first-order valence-corrected chi connectivity index (χ1v) is 11.6. The third-order valence-corrected chi connectivity index (χ3v) is 8.28. The summed E-state index contributed by atoms with van der Waals surface area (Å²) in [6.07, 6.45) is 7.62. The van der Waals surface area contributed by atoms with E-state index in [1.54, 1.807) is 11.3 Å². The topological polar surface area (TPSA) is 62.6 Å². The van der Waals surface area contributed by atoms with Gasteiger partial charge in [0.1, 0.15) is 5.75 Å². The van der Waals surface area contributed by atoms with Crippen molar-refractivity contribution < 1.29 is 14.9 Å². The molecule has 0 aliphatic heterocycles. The molecule has 0 saturated heterocycles. The predicted octanol–water partition coefficient (Wildman–Crippen LogP) is 4.08. The van der Waals surface area contributed by atoms with Gasteiger partial charge < -0.3 is 14.9 Å². The van der Waals surface area contributed by atoms with Gasteiger partial charge in [-0.2, -0.15) is 0 Å². The Kier molecular flexibility index (Phi) is 5.16. The average molecular weight is 400 g/mol. The van der Waals surface area contributed by atoms with Crippen molar-refractivity contribution in [1.82, 2.24) is 4.98 Å². The number of benzene rings is 1. The van der Waals surface area contributed by atoms with Crippen LogP contribution in [0, 0.1) is 17.8 Å². The Morgan fingerprint density at radius 3 is 2.89 bits per heavy atom. The van der Waals surface area contributed by atoms with Crippen LogP contribution in [0.25, 0.3) is 0 Å². The molecule has 1 aromatic heterocycles. The molecule has 3 aliphatic carbocycles. The van der Waals surface area contributed by atoms with Gasteiger partial charge in [-0.15, -0.1) is 11.3 Å². The van der Waals surface area contributed by atoms with E-state index < -0.39 is 0 Å². The summed E-state index contributed by atoms with van der Waals surface area (Å²) in [7, 11) is 0. The van der Waals surface area contributed by atoms with Crippen LogP contribution < -0.4 is 4.74 Å². The largest absolute Gasteiger partial charge is 0.493 e. The highest BCUT2D eigenvalue weighted by Crippen LogP contribution is 2.50. The summed E-state index contributed by atoms with van der Waals surface area (Å²) >= 11 is 1.68. The maximum Gasteiger partial charge on any atom is 0.119 e. The van der Waals surface area contributed by atoms with Crippen LogP contribution in [0.1, 0.15) is 59.9 Å². The van der Waals surface area contributed by atoms with Gasteiger partial charge >= 0.3 is 0 Å². The fraction of sp³-hybridized carbons (Fsp3) is 0.609. The monoisotopic (exact) mass is 399 g/mol. The van der Waals surface area contributed by atoms with Gasteiger partial charge in [0.25, 0.3) is 0 Å². The number of aryl methyl sites for hydroxylation is 2. The summed E-state index contributed by atoms with van der Waals surface area (Å²) in [6.45, 7) is 0.647.